The van der Waals surface area contributed by atoms with Crippen LogP contribution in [0.25, 0.3) is 0 Å². The fourth-order valence-corrected chi connectivity index (χ4v) is 11.6. The third-order valence-corrected chi connectivity index (χ3v) is 14.9. The first-order chi connectivity index (χ1) is 26.4. The van der Waals surface area contributed by atoms with Crippen molar-refractivity contribution in [3.63, 3.8) is 0 Å². The van der Waals surface area contributed by atoms with E-state index in [1.807, 2.05) is 67.6 Å². The maximum Gasteiger partial charge on any atom is 0.230 e. The monoisotopic (exact) mass is 768 g/mol. The Kier molecular flexibility index (Phi) is 12.5. The molecule has 4 aromatic carbocycles. The molecule has 8 nitrogen and oxygen atoms in total. The van der Waals surface area contributed by atoms with Crippen molar-refractivity contribution in [2.45, 2.75) is 121 Å². The number of ether oxygens (including phenoxy) is 2. The number of nitrogens with two attached hydrogens (primary N) is 2. The summed E-state index contributed by atoms with van der Waals surface area (Å²) in [5.41, 5.74) is 17.4. The Morgan fingerprint density at radius 1 is 0.673 bits per heavy atom. The molecule has 0 amide bonds. The van der Waals surface area contributed by atoms with Gasteiger partial charge in [-0.1, -0.05) is 83.7 Å². The zero-order valence-electron chi connectivity index (χ0n) is 33.0. The van der Waals surface area contributed by atoms with E-state index in [1.165, 1.54) is 5.56 Å². The molecule has 1 aliphatic heterocycles. The SMILES string of the molecule is CCCC[C@]1(CC)CS(=O)(=O)c2ccc(N)cc2C(c2ccc(OCOc3ccc([C@@H]4c5cc(N)ccc5CC[C@](CC)(CCCC)C4O)cc3)cc2)C1O. The fraction of sp³-hybridized carbons (Fsp3) is 0.478. The van der Waals surface area contributed by atoms with Crippen LogP contribution < -0.4 is 20.9 Å². The van der Waals surface area contributed by atoms with E-state index in [0.29, 0.717) is 41.3 Å². The Bertz CT molecular complexity index is 2020. The van der Waals surface area contributed by atoms with Crippen LogP contribution in [0.4, 0.5) is 11.4 Å². The molecule has 0 fully saturated rings. The van der Waals surface area contributed by atoms with E-state index in [0.717, 1.165) is 68.1 Å². The number of benzene rings is 4. The topological polar surface area (TPSA) is 145 Å². The van der Waals surface area contributed by atoms with Crippen molar-refractivity contribution in [2.75, 3.05) is 24.0 Å². The summed E-state index contributed by atoms with van der Waals surface area (Å²) in [4.78, 5) is 0.236. The molecule has 296 valence electrons. The summed E-state index contributed by atoms with van der Waals surface area (Å²) in [6.07, 6.45) is 7.35. The predicted octanol–water partition coefficient (Wildman–Crippen LogP) is 9.16. The maximum absolute atomic E-state index is 13.8. The number of aliphatic hydroxyl groups excluding tert-OH is 2. The van der Waals surface area contributed by atoms with Crippen molar-refractivity contribution >= 4 is 21.2 Å². The van der Waals surface area contributed by atoms with E-state index in [2.05, 4.69) is 26.8 Å². The number of aliphatic hydroxyl groups is 2. The van der Waals surface area contributed by atoms with Crippen molar-refractivity contribution in [3.8, 4) is 11.5 Å². The lowest BCUT2D eigenvalue weighted by molar-refractivity contribution is -0.00157. The number of fused-ring (bicyclic) bond motifs is 2. The summed E-state index contributed by atoms with van der Waals surface area (Å²) in [6, 6.07) is 26.4. The van der Waals surface area contributed by atoms with Crippen molar-refractivity contribution in [1.82, 2.24) is 0 Å². The Balaban J connectivity index is 1.19. The van der Waals surface area contributed by atoms with Gasteiger partial charge in [-0.15, -0.1) is 0 Å². The highest BCUT2D eigenvalue weighted by Gasteiger charge is 2.49. The van der Waals surface area contributed by atoms with Gasteiger partial charge >= 0.3 is 0 Å². The Labute approximate surface area is 328 Å². The molecule has 0 spiro atoms. The Morgan fingerprint density at radius 3 is 1.71 bits per heavy atom. The van der Waals surface area contributed by atoms with Gasteiger partial charge in [-0.2, -0.15) is 0 Å². The highest BCUT2D eigenvalue weighted by Crippen LogP contribution is 2.51. The van der Waals surface area contributed by atoms with E-state index in [1.54, 1.807) is 18.2 Å². The van der Waals surface area contributed by atoms with Crippen LogP contribution in [-0.4, -0.2) is 43.4 Å². The standard InChI is InChI=1S/C46H60N2O6S/c1-5-9-24-45(7-3)26-23-31-11-16-34(47)27-38(31)41(43(45)49)32-12-18-36(19-13-32)53-30-54-37-20-14-33(15-21-37)42-39-28-35(48)17-22-40(39)55(51,52)29-46(8-4,44(42)50)25-10-6-2/h11-22,27-28,41-44,49-50H,5-10,23-26,29-30,47-48H2,1-4H3/t41-,42?,43?,44?,45+,46-/m1/s1. The minimum Gasteiger partial charge on any atom is -0.458 e. The number of aryl methyl sites for hydroxylation is 1. The maximum atomic E-state index is 13.8. The normalized spacial score (nSPS) is 25.9. The molecule has 1 heterocycles. The van der Waals surface area contributed by atoms with Gasteiger partial charge in [0, 0.05) is 28.6 Å². The van der Waals surface area contributed by atoms with Crippen LogP contribution in [0, 0.1) is 10.8 Å². The third-order valence-electron chi connectivity index (χ3n) is 12.9. The molecule has 9 heteroatoms. The van der Waals surface area contributed by atoms with E-state index < -0.39 is 33.4 Å². The molecule has 0 saturated carbocycles. The first kappa shape index (κ1) is 40.6. The third kappa shape index (κ3) is 8.25. The summed E-state index contributed by atoms with van der Waals surface area (Å²) in [5, 5.41) is 24.3. The van der Waals surface area contributed by atoms with Gasteiger partial charge < -0.3 is 31.2 Å². The minimum atomic E-state index is -3.68. The van der Waals surface area contributed by atoms with Gasteiger partial charge in [0.15, 0.2) is 9.84 Å². The van der Waals surface area contributed by atoms with Gasteiger partial charge in [0.05, 0.1) is 22.9 Å². The van der Waals surface area contributed by atoms with Crippen LogP contribution in [0.1, 0.15) is 125 Å². The molecule has 6 atom stereocenters. The molecule has 55 heavy (non-hydrogen) atoms. The minimum absolute atomic E-state index is 0.0281. The quantitative estimate of drug-likeness (QED) is 0.0565. The summed E-state index contributed by atoms with van der Waals surface area (Å²) in [7, 11) is -3.68. The molecule has 6 rings (SSSR count). The number of sulfone groups is 1. The Hall–Kier alpha value is -4.05. The van der Waals surface area contributed by atoms with Gasteiger partial charge in [0.1, 0.15) is 11.5 Å². The zero-order valence-corrected chi connectivity index (χ0v) is 33.8. The van der Waals surface area contributed by atoms with Crippen LogP contribution >= 0.6 is 0 Å². The molecule has 6 N–H and O–H groups in total. The van der Waals surface area contributed by atoms with E-state index in [4.69, 9.17) is 20.9 Å². The highest BCUT2D eigenvalue weighted by molar-refractivity contribution is 7.91. The molecule has 1 aliphatic carbocycles. The zero-order chi connectivity index (χ0) is 39.4. The molecule has 0 radical (unpaired) electrons. The molecular formula is C46H60N2O6S. The number of hydrogen-bond donors (Lipinski definition) is 4. The second-order valence-corrected chi connectivity index (χ2v) is 18.0. The van der Waals surface area contributed by atoms with E-state index in [-0.39, 0.29) is 28.8 Å². The largest absolute Gasteiger partial charge is 0.458 e. The second kappa shape index (κ2) is 17.0. The van der Waals surface area contributed by atoms with E-state index >= 15 is 0 Å². The summed E-state index contributed by atoms with van der Waals surface area (Å²) in [6.45, 7) is 8.44. The van der Waals surface area contributed by atoms with Gasteiger partial charge in [0.25, 0.3) is 0 Å². The molecule has 0 bridgehead atoms. The number of anilines is 2. The smallest absolute Gasteiger partial charge is 0.230 e. The lowest BCUT2D eigenvalue weighted by Gasteiger charge is -2.40. The second-order valence-electron chi connectivity index (χ2n) is 16.0. The Morgan fingerprint density at radius 2 is 1.16 bits per heavy atom. The number of rotatable bonds is 14. The molecule has 2 aliphatic rings. The average Bonchev–Trinajstić information content (AvgIpc) is 3.34. The first-order valence-electron chi connectivity index (χ1n) is 20.2. The number of nitrogen functional groups attached to an aromatic ring is 2. The summed E-state index contributed by atoms with van der Waals surface area (Å²) >= 11 is 0. The molecule has 0 saturated heterocycles. The van der Waals surface area contributed by atoms with Crippen LogP contribution in [0.2, 0.25) is 0 Å². The molecular weight excluding hydrogens is 709 g/mol. The summed E-state index contributed by atoms with van der Waals surface area (Å²) in [5.74, 6) is 0.332. The van der Waals surface area contributed by atoms with Crippen LogP contribution in [0.5, 0.6) is 11.5 Å². The first-order valence-corrected chi connectivity index (χ1v) is 21.9. The van der Waals surface area contributed by atoms with Crippen LogP contribution in [0.3, 0.4) is 0 Å². The van der Waals surface area contributed by atoms with Gasteiger partial charge in [0.2, 0.25) is 6.79 Å². The number of unbranched alkanes of at least 4 members (excludes halogenated alkanes) is 2. The predicted molar refractivity (Wildman–Crippen MR) is 221 cm³/mol. The lowest BCUT2D eigenvalue weighted by atomic mass is 9.67. The van der Waals surface area contributed by atoms with Crippen molar-refractivity contribution < 1.29 is 28.1 Å². The fourth-order valence-electron chi connectivity index (χ4n) is 9.38. The summed E-state index contributed by atoms with van der Waals surface area (Å²) < 4.78 is 39.7. The van der Waals surface area contributed by atoms with Gasteiger partial charge in [-0.25, -0.2) is 8.42 Å². The van der Waals surface area contributed by atoms with Crippen LogP contribution in [-0.2, 0) is 16.3 Å². The number of hydrogen-bond acceptors (Lipinski definition) is 8. The molecule has 0 aromatic heterocycles. The van der Waals surface area contributed by atoms with Gasteiger partial charge in [-0.05, 0) is 126 Å². The highest BCUT2D eigenvalue weighted by atomic mass is 32.2. The lowest BCUT2D eigenvalue weighted by Crippen LogP contribution is -2.42. The van der Waals surface area contributed by atoms with Crippen molar-refractivity contribution in [2.24, 2.45) is 10.8 Å². The van der Waals surface area contributed by atoms with Gasteiger partial charge in [-0.3, -0.25) is 0 Å². The molecule has 3 unspecified atom stereocenters. The average molecular weight is 769 g/mol. The molecule has 4 aromatic rings. The van der Waals surface area contributed by atoms with Crippen molar-refractivity contribution in [1.29, 1.82) is 0 Å². The van der Waals surface area contributed by atoms with E-state index in [9.17, 15) is 18.6 Å². The van der Waals surface area contributed by atoms with Crippen molar-refractivity contribution in [3.05, 3.63) is 113 Å². The van der Waals surface area contributed by atoms with Crippen LogP contribution in [0.15, 0.2) is 89.8 Å².